The summed E-state index contributed by atoms with van der Waals surface area (Å²) in [5.74, 6) is 3.65. The molecule has 0 saturated heterocycles. The molecule has 1 aliphatic heterocycles. The SMILES string of the molecule is COCc1c(C)c2c(c(-c3ccccc3)c1COC)-c1ccccc1[Si]2(C#Cc1ccccc1)C(C)(C)C. The highest BCUT2D eigenvalue weighted by molar-refractivity contribution is 7.13. The van der Waals surface area contributed by atoms with Crippen LogP contribution in [0, 0.1) is 18.4 Å². The van der Waals surface area contributed by atoms with Gasteiger partial charge < -0.3 is 9.47 Å². The van der Waals surface area contributed by atoms with Crippen LogP contribution in [0.5, 0.6) is 0 Å². The molecular weight excluding hydrogens is 480 g/mol. The standard InChI is InChI=1S/C35H36O2Si/c1-25-29(23-36-5)30(24-37-6)32(27-17-11-8-12-18-27)33-28-19-13-14-20-31(28)38(34(25)33,35(2,3)4)22-21-26-15-9-7-10-16-26/h7-20H,23-24H2,1-6H3. The fraction of sp³-hybridized carbons (Fsp3) is 0.257. The minimum atomic E-state index is -2.63. The molecule has 0 amide bonds. The number of ether oxygens (including phenoxy) is 2. The van der Waals surface area contributed by atoms with Crippen molar-refractivity contribution in [2.75, 3.05) is 14.2 Å². The Balaban J connectivity index is 2.00. The van der Waals surface area contributed by atoms with Crippen molar-refractivity contribution in [3.05, 3.63) is 107 Å². The van der Waals surface area contributed by atoms with Crippen molar-refractivity contribution in [2.45, 2.75) is 45.9 Å². The highest BCUT2D eigenvalue weighted by Gasteiger charge is 2.55. The van der Waals surface area contributed by atoms with Gasteiger partial charge in [-0.1, -0.05) is 99.5 Å². The second kappa shape index (κ2) is 10.4. The molecule has 4 aromatic rings. The third kappa shape index (κ3) is 4.14. The first-order valence-electron chi connectivity index (χ1n) is 13.2. The largest absolute Gasteiger partial charge is 0.380 e. The molecule has 0 bridgehead atoms. The summed E-state index contributed by atoms with van der Waals surface area (Å²) in [5, 5.41) is 2.78. The Bertz CT molecular complexity index is 1520. The molecule has 3 heteroatoms. The van der Waals surface area contributed by atoms with Gasteiger partial charge >= 0.3 is 0 Å². The highest BCUT2D eigenvalue weighted by Crippen LogP contribution is 2.48. The summed E-state index contributed by atoms with van der Waals surface area (Å²) >= 11 is 0. The second-order valence-electron chi connectivity index (χ2n) is 11.1. The van der Waals surface area contributed by atoms with Gasteiger partial charge in [0.25, 0.3) is 0 Å². The molecule has 1 heterocycles. The quantitative estimate of drug-likeness (QED) is 0.212. The Labute approximate surface area is 228 Å². The molecule has 1 atom stereocenters. The molecule has 1 aliphatic rings. The van der Waals surface area contributed by atoms with E-state index in [1.54, 1.807) is 14.2 Å². The van der Waals surface area contributed by atoms with E-state index >= 15 is 0 Å². The molecule has 0 radical (unpaired) electrons. The van der Waals surface area contributed by atoms with Crippen LogP contribution in [0.1, 0.15) is 43.0 Å². The van der Waals surface area contributed by atoms with Crippen LogP contribution in [0.3, 0.4) is 0 Å². The Morgan fingerprint density at radius 3 is 1.92 bits per heavy atom. The van der Waals surface area contributed by atoms with E-state index in [2.05, 4.69) is 118 Å². The van der Waals surface area contributed by atoms with Gasteiger partial charge in [0.1, 0.15) is 0 Å². The summed E-state index contributed by atoms with van der Waals surface area (Å²) in [5.41, 5.74) is 13.9. The number of methoxy groups -OCH3 is 2. The van der Waals surface area contributed by atoms with Gasteiger partial charge in [-0.3, -0.25) is 0 Å². The summed E-state index contributed by atoms with van der Waals surface area (Å²) in [6.07, 6.45) is 0. The van der Waals surface area contributed by atoms with Gasteiger partial charge in [0.2, 0.25) is 8.07 Å². The van der Waals surface area contributed by atoms with Crippen molar-refractivity contribution in [1.29, 1.82) is 0 Å². The fourth-order valence-corrected chi connectivity index (χ4v) is 11.3. The van der Waals surface area contributed by atoms with E-state index in [1.165, 1.54) is 49.3 Å². The van der Waals surface area contributed by atoms with Crippen molar-refractivity contribution < 1.29 is 9.47 Å². The van der Waals surface area contributed by atoms with Crippen molar-refractivity contribution in [2.24, 2.45) is 0 Å². The minimum absolute atomic E-state index is 0.0536. The molecule has 0 aliphatic carbocycles. The zero-order chi connectivity index (χ0) is 26.9. The van der Waals surface area contributed by atoms with Gasteiger partial charge in [-0.25, -0.2) is 0 Å². The summed E-state index contributed by atoms with van der Waals surface area (Å²) in [4.78, 5) is 0. The van der Waals surface area contributed by atoms with E-state index in [0.717, 1.165) is 5.56 Å². The van der Waals surface area contributed by atoms with Crippen molar-refractivity contribution in [3.63, 3.8) is 0 Å². The van der Waals surface area contributed by atoms with Gasteiger partial charge in [0.05, 0.1) is 13.2 Å². The van der Waals surface area contributed by atoms with Crippen LogP contribution in [-0.4, -0.2) is 22.3 Å². The number of fused-ring (bicyclic) bond motifs is 3. The predicted octanol–water partition coefficient (Wildman–Crippen LogP) is 6.89. The Kier molecular flexibility index (Phi) is 7.16. The average molecular weight is 517 g/mol. The van der Waals surface area contributed by atoms with Gasteiger partial charge in [-0.05, 0) is 73.4 Å². The van der Waals surface area contributed by atoms with E-state index in [1.807, 2.05) is 6.07 Å². The number of rotatable bonds is 5. The lowest BCUT2D eigenvalue weighted by Crippen LogP contribution is -2.62. The molecule has 192 valence electrons. The molecular formula is C35H36O2Si. The van der Waals surface area contributed by atoms with Crippen LogP contribution in [0.15, 0.2) is 84.9 Å². The smallest absolute Gasteiger partial charge is 0.206 e. The summed E-state index contributed by atoms with van der Waals surface area (Å²) in [6, 6.07) is 30.2. The zero-order valence-electron chi connectivity index (χ0n) is 23.3. The summed E-state index contributed by atoms with van der Waals surface area (Å²) < 4.78 is 11.7. The van der Waals surface area contributed by atoms with E-state index in [-0.39, 0.29) is 5.04 Å². The van der Waals surface area contributed by atoms with Gasteiger partial charge in [-0.15, -0.1) is 5.54 Å². The van der Waals surface area contributed by atoms with E-state index in [9.17, 15) is 0 Å². The Morgan fingerprint density at radius 2 is 1.29 bits per heavy atom. The van der Waals surface area contributed by atoms with Gasteiger partial charge in [0.15, 0.2) is 0 Å². The molecule has 4 aromatic carbocycles. The molecule has 0 fully saturated rings. The number of hydrogen-bond acceptors (Lipinski definition) is 2. The Morgan fingerprint density at radius 1 is 0.711 bits per heavy atom. The first-order chi connectivity index (χ1) is 18.3. The van der Waals surface area contributed by atoms with Crippen molar-refractivity contribution in [3.8, 4) is 33.7 Å². The zero-order valence-corrected chi connectivity index (χ0v) is 24.3. The normalized spacial score (nSPS) is 15.9. The van der Waals surface area contributed by atoms with Gasteiger partial charge in [0, 0.05) is 19.8 Å². The molecule has 0 N–H and O–H groups in total. The summed E-state index contributed by atoms with van der Waals surface area (Å²) in [7, 11) is 0.930. The van der Waals surface area contributed by atoms with Gasteiger partial charge in [-0.2, -0.15) is 0 Å². The maximum Gasteiger partial charge on any atom is 0.206 e. The second-order valence-corrected chi connectivity index (χ2v) is 15.4. The van der Waals surface area contributed by atoms with Crippen LogP contribution in [0.25, 0.3) is 22.3 Å². The van der Waals surface area contributed by atoms with Crippen LogP contribution in [-0.2, 0) is 22.7 Å². The maximum absolute atomic E-state index is 5.83. The predicted molar refractivity (Wildman–Crippen MR) is 162 cm³/mol. The first kappa shape index (κ1) is 26.2. The van der Waals surface area contributed by atoms with Crippen LogP contribution >= 0.6 is 0 Å². The first-order valence-corrected chi connectivity index (χ1v) is 15.2. The van der Waals surface area contributed by atoms with E-state index in [0.29, 0.717) is 13.2 Å². The lowest BCUT2D eigenvalue weighted by Gasteiger charge is -2.39. The third-order valence-corrected chi connectivity index (χ3v) is 13.3. The molecule has 0 spiro atoms. The third-order valence-electron chi connectivity index (χ3n) is 7.90. The Hall–Kier alpha value is -3.42. The monoisotopic (exact) mass is 516 g/mol. The number of hydrogen-bond donors (Lipinski definition) is 0. The molecule has 1 unspecified atom stereocenters. The summed E-state index contributed by atoms with van der Waals surface area (Å²) in [6.45, 7) is 10.5. The van der Waals surface area contributed by atoms with Crippen LogP contribution in [0.4, 0.5) is 0 Å². The number of benzene rings is 4. The topological polar surface area (TPSA) is 18.5 Å². The van der Waals surface area contributed by atoms with E-state index < -0.39 is 8.07 Å². The average Bonchev–Trinajstić information content (AvgIpc) is 3.23. The minimum Gasteiger partial charge on any atom is -0.380 e. The molecule has 5 rings (SSSR count). The fourth-order valence-electron chi connectivity index (χ4n) is 6.24. The van der Waals surface area contributed by atoms with Crippen molar-refractivity contribution >= 4 is 18.4 Å². The lowest BCUT2D eigenvalue weighted by atomic mass is 9.85. The van der Waals surface area contributed by atoms with E-state index in [4.69, 9.17) is 9.47 Å². The lowest BCUT2D eigenvalue weighted by molar-refractivity contribution is 0.168. The van der Waals surface area contributed by atoms with Crippen LogP contribution < -0.4 is 10.4 Å². The maximum atomic E-state index is 5.83. The molecule has 0 aromatic heterocycles. The highest BCUT2D eigenvalue weighted by atomic mass is 28.3. The van der Waals surface area contributed by atoms with Crippen LogP contribution in [0.2, 0.25) is 5.04 Å². The van der Waals surface area contributed by atoms with Crippen molar-refractivity contribution in [1.82, 2.24) is 0 Å². The molecule has 38 heavy (non-hydrogen) atoms. The molecule has 2 nitrogen and oxygen atoms in total. The molecule has 0 saturated carbocycles.